The number of halogens is 3. The standard InChI is InChI=1S/C21H15F3N2O2S/c1-2-11-26-19(28)16(18(27)25-20(26)29)12-13-7-9-14(10-8-13)15-5-3-4-6-17(15)21(22,23)24/h2-10,12H,1,11H2,(H,25,27,29). The average molecular weight is 416 g/mol. The van der Waals surface area contributed by atoms with Crippen molar-refractivity contribution in [3.8, 4) is 11.1 Å². The van der Waals surface area contributed by atoms with Crippen molar-refractivity contribution in [1.82, 2.24) is 10.2 Å². The van der Waals surface area contributed by atoms with Crippen LogP contribution in [0, 0.1) is 0 Å². The van der Waals surface area contributed by atoms with Gasteiger partial charge in [0.25, 0.3) is 11.8 Å². The van der Waals surface area contributed by atoms with Crippen LogP contribution < -0.4 is 5.32 Å². The molecule has 29 heavy (non-hydrogen) atoms. The Morgan fingerprint density at radius 2 is 1.72 bits per heavy atom. The maximum Gasteiger partial charge on any atom is 0.417 e. The number of nitrogens with zero attached hydrogens (tertiary/aromatic N) is 1. The molecule has 8 heteroatoms. The fraction of sp³-hybridized carbons (Fsp3) is 0.0952. The topological polar surface area (TPSA) is 49.4 Å². The highest BCUT2D eigenvalue weighted by Crippen LogP contribution is 2.37. The Balaban J connectivity index is 1.93. The predicted molar refractivity (Wildman–Crippen MR) is 108 cm³/mol. The quantitative estimate of drug-likeness (QED) is 0.352. The predicted octanol–water partition coefficient (Wildman–Crippen LogP) is 4.19. The van der Waals surface area contributed by atoms with Gasteiger partial charge in [-0.2, -0.15) is 13.2 Å². The first kappa shape index (κ1) is 20.5. The van der Waals surface area contributed by atoms with Gasteiger partial charge in [0.15, 0.2) is 5.11 Å². The number of carbonyl (C=O) groups is 2. The number of amides is 2. The number of thiocarbonyl (C=S) groups is 1. The van der Waals surface area contributed by atoms with Crippen molar-refractivity contribution in [2.45, 2.75) is 6.18 Å². The zero-order valence-electron chi connectivity index (χ0n) is 15.0. The molecule has 2 amide bonds. The van der Waals surface area contributed by atoms with Gasteiger partial charge in [0.1, 0.15) is 5.57 Å². The lowest BCUT2D eigenvalue weighted by Gasteiger charge is -2.27. The van der Waals surface area contributed by atoms with Crippen LogP contribution in [-0.4, -0.2) is 28.4 Å². The molecule has 0 unspecified atom stereocenters. The molecule has 148 valence electrons. The monoisotopic (exact) mass is 416 g/mol. The number of alkyl halides is 3. The highest BCUT2D eigenvalue weighted by molar-refractivity contribution is 7.80. The van der Waals surface area contributed by atoms with E-state index in [2.05, 4.69) is 11.9 Å². The van der Waals surface area contributed by atoms with Crippen LogP contribution in [0.5, 0.6) is 0 Å². The summed E-state index contributed by atoms with van der Waals surface area (Å²) in [5, 5.41) is 2.43. The van der Waals surface area contributed by atoms with E-state index in [-0.39, 0.29) is 22.8 Å². The number of carbonyl (C=O) groups excluding carboxylic acids is 2. The molecule has 1 aliphatic heterocycles. The molecule has 1 N–H and O–H groups in total. The minimum Gasteiger partial charge on any atom is -0.298 e. The van der Waals surface area contributed by atoms with Crippen molar-refractivity contribution >= 4 is 35.2 Å². The molecule has 2 aromatic carbocycles. The zero-order valence-corrected chi connectivity index (χ0v) is 15.8. The van der Waals surface area contributed by atoms with Gasteiger partial charge in [-0.05, 0) is 41.1 Å². The largest absolute Gasteiger partial charge is 0.417 e. The first-order chi connectivity index (χ1) is 13.7. The van der Waals surface area contributed by atoms with Crippen LogP contribution in [0.25, 0.3) is 17.2 Å². The number of hydrogen-bond donors (Lipinski definition) is 1. The van der Waals surface area contributed by atoms with Gasteiger partial charge >= 0.3 is 6.18 Å². The molecule has 3 rings (SSSR count). The summed E-state index contributed by atoms with van der Waals surface area (Å²) in [5.74, 6) is -1.20. The Morgan fingerprint density at radius 1 is 1.07 bits per heavy atom. The van der Waals surface area contributed by atoms with Gasteiger partial charge in [0, 0.05) is 6.54 Å². The summed E-state index contributed by atoms with van der Waals surface area (Å²) in [6.45, 7) is 3.69. The highest BCUT2D eigenvalue weighted by Gasteiger charge is 2.34. The second kappa shape index (κ2) is 8.00. The molecular weight excluding hydrogens is 401 g/mol. The van der Waals surface area contributed by atoms with Crippen LogP contribution in [0.2, 0.25) is 0 Å². The molecule has 1 heterocycles. The van der Waals surface area contributed by atoms with Gasteiger partial charge < -0.3 is 0 Å². The van der Waals surface area contributed by atoms with Crippen molar-refractivity contribution in [2.75, 3.05) is 6.54 Å². The van der Waals surface area contributed by atoms with Gasteiger partial charge in [0.05, 0.1) is 5.56 Å². The third-order valence-electron chi connectivity index (χ3n) is 4.26. The molecule has 1 fully saturated rings. The van der Waals surface area contributed by atoms with Crippen molar-refractivity contribution in [3.05, 3.63) is 77.9 Å². The van der Waals surface area contributed by atoms with E-state index in [1.54, 1.807) is 12.1 Å². The van der Waals surface area contributed by atoms with E-state index in [0.29, 0.717) is 11.1 Å². The third-order valence-corrected chi connectivity index (χ3v) is 4.59. The Morgan fingerprint density at radius 3 is 2.34 bits per heavy atom. The summed E-state index contributed by atoms with van der Waals surface area (Å²) >= 11 is 4.98. The molecule has 0 spiro atoms. The van der Waals surface area contributed by atoms with E-state index in [0.717, 1.165) is 6.07 Å². The molecule has 0 aromatic heterocycles. The molecule has 0 aliphatic carbocycles. The van der Waals surface area contributed by atoms with Gasteiger partial charge in [-0.3, -0.25) is 19.8 Å². The summed E-state index contributed by atoms with van der Waals surface area (Å²) in [4.78, 5) is 25.9. The SMILES string of the molecule is C=CCN1C(=O)C(=Cc2ccc(-c3ccccc3C(F)(F)F)cc2)C(=O)NC1=S. The van der Waals surface area contributed by atoms with Crippen LogP contribution in [0.15, 0.2) is 66.8 Å². The average Bonchev–Trinajstić information content (AvgIpc) is 2.68. The Hall–Kier alpha value is -3.26. The molecular formula is C21H15F3N2O2S. The molecule has 0 saturated carbocycles. The van der Waals surface area contributed by atoms with Gasteiger partial charge in [-0.15, -0.1) is 6.58 Å². The van der Waals surface area contributed by atoms with E-state index in [4.69, 9.17) is 12.2 Å². The van der Waals surface area contributed by atoms with Crippen molar-refractivity contribution in [3.63, 3.8) is 0 Å². The van der Waals surface area contributed by atoms with Crippen LogP contribution in [0.1, 0.15) is 11.1 Å². The minimum absolute atomic E-state index is 0.00356. The maximum atomic E-state index is 13.2. The summed E-state index contributed by atoms with van der Waals surface area (Å²) in [5.41, 5.74) is 0.0516. The molecule has 0 bridgehead atoms. The van der Waals surface area contributed by atoms with Crippen LogP contribution in [-0.2, 0) is 15.8 Å². The smallest absolute Gasteiger partial charge is 0.298 e. The molecule has 0 atom stereocenters. The van der Waals surface area contributed by atoms with Crippen molar-refractivity contribution < 1.29 is 22.8 Å². The van der Waals surface area contributed by atoms with E-state index in [1.807, 2.05) is 0 Å². The van der Waals surface area contributed by atoms with E-state index in [9.17, 15) is 22.8 Å². The van der Waals surface area contributed by atoms with E-state index >= 15 is 0 Å². The normalized spacial score (nSPS) is 16.2. The summed E-state index contributed by atoms with van der Waals surface area (Å²) < 4.78 is 39.7. The van der Waals surface area contributed by atoms with E-state index < -0.39 is 23.6 Å². The van der Waals surface area contributed by atoms with Crippen LogP contribution in [0.3, 0.4) is 0 Å². The zero-order chi connectivity index (χ0) is 21.2. The lowest BCUT2D eigenvalue weighted by molar-refractivity contribution is -0.137. The Kier molecular flexibility index (Phi) is 5.65. The third kappa shape index (κ3) is 4.27. The number of rotatable bonds is 4. The second-order valence-electron chi connectivity index (χ2n) is 6.19. The molecule has 2 aromatic rings. The number of benzene rings is 2. The summed E-state index contributed by atoms with van der Waals surface area (Å²) in [6.07, 6.45) is -1.63. The molecule has 1 saturated heterocycles. The summed E-state index contributed by atoms with van der Waals surface area (Å²) in [6, 6.07) is 11.4. The first-order valence-electron chi connectivity index (χ1n) is 8.49. The number of hydrogen-bond acceptors (Lipinski definition) is 3. The Labute approximate surface area is 170 Å². The second-order valence-corrected chi connectivity index (χ2v) is 6.57. The van der Waals surface area contributed by atoms with Crippen molar-refractivity contribution in [2.24, 2.45) is 0 Å². The molecule has 1 aliphatic rings. The van der Waals surface area contributed by atoms with Gasteiger partial charge in [0.2, 0.25) is 0 Å². The maximum absolute atomic E-state index is 13.2. The number of nitrogens with one attached hydrogen (secondary N) is 1. The fourth-order valence-electron chi connectivity index (χ4n) is 2.90. The Bertz CT molecular complexity index is 1030. The van der Waals surface area contributed by atoms with Gasteiger partial charge in [-0.25, -0.2) is 0 Å². The van der Waals surface area contributed by atoms with Crippen molar-refractivity contribution in [1.29, 1.82) is 0 Å². The molecule has 4 nitrogen and oxygen atoms in total. The minimum atomic E-state index is -4.48. The lowest BCUT2D eigenvalue weighted by Crippen LogP contribution is -2.53. The lowest BCUT2D eigenvalue weighted by atomic mass is 9.97. The first-order valence-corrected chi connectivity index (χ1v) is 8.89. The molecule has 0 radical (unpaired) electrons. The fourth-order valence-corrected chi connectivity index (χ4v) is 3.15. The van der Waals surface area contributed by atoms with Gasteiger partial charge in [-0.1, -0.05) is 48.5 Å². The van der Waals surface area contributed by atoms with Crippen LogP contribution >= 0.6 is 12.2 Å². The summed E-state index contributed by atoms with van der Waals surface area (Å²) in [7, 11) is 0. The van der Waals surface area contributed by atoms with Crippen LogP contribution in [0.4, 0.5) is 13.2 Å². The highest BCUT2D eigenvalue weighted by atomic mass is 32.1. The van der Waals surface area contributed by atoms with E-state index in [1.165, 1.54) is 47.4 Å².